The summed E-state index contributed by atoms with van der Waals surface area (Å²) in [5.41, 5.74) is 3.03. The number of hydrogen-bond donors (Lipinski definition) is 1. The van der Waals surface area contributed by atoms with Crippen molar-refractivity contribution >= 4 is 59.5 Å². The van der Waals surface area contributed by atoms with Gasteiger partial charge in [0, 0.05) is 40.1 Å². The summed E-state index contributed by atoms with van der Waals surface area (Å²) in [5, 5.41) is 3.74. The number of rotatable bonds is 5. The highest BCUT2D eigenvalue weighted by Gasteiger charge is 2.32. The van der Waals surface area contributed by atoms with Crippen LogP contribution in [0.15, 0.2) is 80.6 Å². The molecule has 10 heteroatoms. The molecule has 1 atom stereocenters. The van der Waals surface area contributed by atoms with Crippen LogP contribution in [0, 0.1) is 0 Å². The van der Waals surface area contributed by atoms with Crippen LogP contribution in [0.5, 0.6) is 0 Å². The Morgan fingerprint density at radius 3 is 2.31 bits per heavy atom. The van der Waals surface area contributed by atoms with Crippen LogP contribution in [0.1, 0.15) is 18.5 Å². The van der Waals surface area contributed by atoms with Gasteiger partial charge < -0.3 is 10.2 Å². The molecule has 2 amide bonds. The van der Waals surface area contributed by atoms with Crippen molar-refractivity contribution in [2.75, 3.05) is 26.2 Å². The third kappa shape index (κ3) is 5.91. The lowest BCUT2D eigenvalue weighted by atomic mass is 9.95. The summed E-state index contributed by atoms with van der Waals surface area (Å²) in [4.78, 5) is 14.9. The molecule has 0 radical (unpaired) electrons. The van der Waals surface area contributed by atoms with Crippen LogP contribution in [0.4, 0.5) is 4.79 Å². The third-order valence-electron chi connectivity index (χ3n) is 5.96. The highest BCUT2D eigenvalue weighted by molar-refractivity contribution is 9.11. The van der Waals surface area contributed by atoms with Crippen molar-refractivity contribution in [3.63, 3.8) is 0 Å². The molecule has 0 bridgehead atoms. The van der Waals surface area contributed by atoms with Crippen LogP contribution >= 0.6 is 43.5 Å². The van der Waals surface area contributed by atoms with Gasteiger partial charge in [-0.1, -0.05) is 63.9 Å². The fraction of sp³-hybridized carbons (Fsp3) is 0.240. The molecule has 0 aliphatic carbocycles. The Bertz CT molecular complexity index is 1330. The molecule has 184 valence electrons. The zero-order chi connectivity index (χ0) is 25.2. The van der Waals surface area contributed by atoms with Gasteiger partial charge in [0.15, 0.2) is 0 Å². The van der Waals surface area contributed by atoms with Crippen molar-refractivity contribution in [1.29, 1.82) is 0 Å². The van der Waals surface area contributed by atoms with Crippen LogP contribution < -0.4 is 5.32 Å². The molecule has 4 rings (SSSR count). The molecule has 1 aliphatic rings. The fourth-order valence-electron chi connectivity index (χ4n) is 4.07. The van der Waals surface area contributed by atoms with Crippen LogP contribution in [0.2, 0.25) is 5.02 Å². The molecule has 3 aromatic carbocycles. The molecular formula is C25H24Br2ClN3O3S. The fourth-order valence-corrected chi connectivity index (χ4v) is 7.08. The Morgan fingerprint density at radius 2 is 1.63 bits per heavy atom. The van der Waals surface area contributed by atoms with E-state index in [9.17, 15) is 13.2 Å². The van der Waals surface area contributed by atoms with Crippen molar-refractivity contribution in [2.45, 2.75) is 17.9 Å². The Hall–Kier alpha value is -1.91. The molecule has 1 N–H and O–H groups in total. The summed E-state index contributed by atoms with van der Waals surface area (Å²) < 4.78 is 28.9. The Kier molecular flexibility index (Phi) is 8.23. The lowest BCUT2D eigenvalue weighted by Crippen LogP contribution is -2.53. The van der Waals surface area contributed by atoms with Gasteiger partial charge in [0.2, 0.25) is 10.0 Å². The Morgan fingerprint density at radius 1 is 0.971 bits per heavy atom. The van der Waals surface area contributed by atoms with Crippen molar-refractivity contribution in [3.05, 3.63) is 86.3 Å². The van der Waals surface area contributed by atoms with Crippen LogP contribution in [-0.2, 0) is 10.0 Å². The van der Waals surface area contributed by atoms with Crippen LogP contribution in [-0.4, -0.2) is 49.8 Å². The average Bonchev–Trinajstić information content (AvgIpc) is 2.86. The first-order chi connectivity index (χ1) is 16.7. The minimum absolute atomic E-state index is 0.206. The zero-order valence-electron chi connectivity index (χ0n) is 18.9. The maximum Gasteiger partial charge on any atom is 0.317 e. The largest absolute Gasteiger partial charge is 0.331 e. The molecule has 1 aliphatic heterocycles. The van der Waals surface area contributed by atoms with E-state index in [1.54, 1.807) is 23.1 Å². The molecule has 3 aromatic rings. The smallest absolute Gasteiger partial charge is 0.317 e. The van der Waals surface area contributed by atoms with E-state index in [0.717, 1.165) is 16.7 Å². The van der Waals surface area contributed by atoms with E-state index in [4.69, 9.17) is 11.6 Å². The van der Waals surface area contributed by atoms with E-state index in [1.807, 2.05) is 55.5 Å². The first-order valence-electron chi connectivity index (χ1n) is 11.0. The summed E-state index contributed by atoms with van der Waals surface area (Å²) in [6.45, 7) is 3.01. The van der Waals surface area contributed by atoms with E-state index < -0.39 is 10.0 Å². The van der Waals surface area contributed by atoms with Crippen molar-refractivity contribution < 1.29 is 13.2 Å². The quantitative estimate of drug-likeness (QED) is 0.355. The monoisotopic (exact) mass is 639 g/mol. The second-order valence-corrected chi connectivity index (χ2v) is 12.3. The van der Waals surface area contributed by atoms with Gasteiger partial charge in [-0.15, -0.1) is 0 Å². The lowest BCUT2D eigenvalue weighted by molar-refractivity contribution is 0.169. The number of nitrogens with zero attached hydrogens (tertiary/aromatic N) is 2. The van der Waals surface area contributed by atoms with Gasteiger partial charge in [0.1, 0.15) is 0 Å². The second-order valence-electron chi connectivity index (χ2n) is 8.23. The number of carbonyl (C=O) groups is 1. The van der Waals surface area contributed by atoms with Gasteiger partial charge in [-0.2, -0.15) is 4.31 Å². The predicted octanol–water partition coefficient (Wildman–Crippen LogP) is 6.31. The molecule has 0 aromatic heterocycles. The maximum absolute atomic E-state index is 13.1. The highest BCUT2D eigenvalue weighted by atomic mass is 79.9. The summed E-state index contributed by atoms with van der Waals surface area (Å²) in [6, 6.07) is 20.1. The van der Waals surface area contributed by atoms with E-state index in [2.05, 4.69) is 37.2 Å². The topological polar surface area (TPSA) is 69.7 Å². The number of amides is 2. The minimum atomic E-state index is -3.68. The lowest BCUT2D eigenvalue weighted by Gasteiger charge is -2.35. The maximum atomic E-state index is 13.1. The number of urea groups is 1. The standard InChI is InChI=1S/C25H24Br2ClN3O3S/c1-17(21-4-2-3-5-22(21)18-6-9-20(28)10-7-18)29-25(32)30-12-14-31(15-13-30)35(33,34)24-16-19(26)8-11-23(24)27/h2-11,16-17H,12-15H2,1H3,(H,29,32). The molecular weight excluding hydrogens is 618 g/mol. The van der Waals surface area contributed by atoms with E-state index in [-0.39, 0.29) is 30.1 Å². The van der Waals surface area contributed by atoms with Gasteiger partial charge in [0.05, 0.1) is 10.9 Å². The molecule has 0 saturated carbocycles. The van der Waals surface area contributed by atoms with Crippen molar-refractivity contribution in [2.24, 2.45) is 0 Å². The number of sulfonamides is 1. The SMILES string of the molecule is CC(NC(=O)N1CCN(S(=O)(=O)c2cc(Br)ccc2Br)CC1)c1ccccc1-c1ccc(Cl)cc1. The van der Waals surface area contributed by atoms with Gasteiger partial charge in [0.25, 0.3) is 0 Å². The predicted molar refractivity (Wildman–Crippen MR) is 146 cm³/mol. The van der Waals surface area contributed by atoms with Crippen molar-refractivity contribution in [1.82, 2.24) is 14.5 Å². The summed E-state index contributed by atoms with van der Waals surface area (Å²) >= 11 is 12.7. The number of nitrogens with one attached hydrogen (secondary N) is 1. The van der Waals surface area contributed by atoms with E-state index in [0.29, 0.717) is 27.1 Å². The Labute approximate surface area is 227 Å². The number of halogens is 3. The molecule has 1 unspecified atom stereocenters. The third-order valence-corrected chi connectivity index (χ3v) is 9.60. The number of hydrogen-bond acceptors (Lipinski definition) is 3. The Balaban J connectivity index is 1.42. The second kappa shape index (κ2) is 11.0. The first kappa shape index (κ1) is 26.2. The molecule has 1 fully saturated rings. The molecule has 35 heavy (non-hydrogen) atoms. The van der Waals surface area contributed by atoms with Crippen LogP contribution in [0.3, 0.4) is 0 Å². The van der Waals surface area contributed by atoms with Gasteiger partial charge in [-0.05, 0) is 69.9 Å². The molecule has 6 nitrogen and oxygen atoms in total. The summed E-state index contributed by atoms with van der Waals surface area (Å²) in [7, 11) is -3.68. The first-order valence-corrected chi connectivity index (χ1v) is 14.4. The number of piperazine rings is 1. The summed E-state index contributed by atoms with van der Waals surface area (Å²) in [6.07, 6.45) is 0. The normalized spacial score (nSPS) is 15.6. The molecule has 1 heterocycles. The minimum Gasteiger partial charge on any atom is -0.331 e. The van der Waals surface area contributed by atoms with E-state index >= 15 is 0 Å². The van der Waals surface area contributed by atoms with Crippen molar-refractivity contribution in [3.8, 4) is 11.1 Å². The highest BCUT2D eigenvalue weighted by Crippen LogP contribution is 2.30. The van der Waals surface area contributed by atoms with Crippen LogP contribution in [0.25, 0.3) is 11.1 Å². The zero-order valence-corrected chi connectivity index (χ0v) is 23.7. The number of carbonyl (C=O) groups excluding carboxylic acids is 1. The molecule has 0 spiro atoms. The average molecular weight is 642 g/mol. The molecule has 1 saturated heterocycles. The van der Waals surface area contributed by atoms with E-state index in [1.165, 1.54) is 4.31 Å². The summed E-state index contributed by atoms with van der Waals surface area (Å²) in [5.74, 6) is 0. The van der Waals surface area contributed by atoms with Gasteiger partial charge in [-0.25, -0.2) is 13.2 Å². The number of benzene rings is 3. The van der Waals surface area contributed by atoms with Gasteiger partial charge >= 0.3 is 6.03 Å². The van der Waals surface area contributed by atoms with Gasteiger partial charge in [-0.3, -0.25) is 0 Å².